The van der Waals surface area contributed by atoms with Crippen molar-refractivity contribution in [3.63, 3.8) is 0 Å². The summed E-state index contributed by atoms with van der Waals surface area (Å²) in [6, 6.07) is 14.1. The van der Waals surface area contributed by atoms with E-state index in [0.29, 0.717) is 17.0 Å². The fraction of sp³-hybridized carbons (Fsp3) is 0.0667. The Hall–Kier alpha value is -2.09. The molecule has 5 nitrogen and oxygen atoms in total. The van der Waals surface area contributed by atoms with Gasteiger partial charge in [-0.05, 0) is 59.0 Å². The summed E-state index contributed by atoms with van der Waals surface area (Å²) in [4.78, 5) is 23.0. The van der Waals surface area contributed by atoms with Crippen molar-refractivity contribution in [1.29, 1.82) is 0 Å². The third kappa shape index (κ3) is 4.45. The van der Waals surface area contributed by atoms with E-state index in [1.807, 2.05) is 24.3 Å². The van der Waals surface area contributed by atoms with Crippen molar-refractivity contribution in [2.75, 3.05) is 11.9 Å². The normalized spacial score (nSPS) is 9.95. The van der Waals surface area contributed by atoms with Gasteiger partial charge >= 0.3 is 0 Å². The molecule has 2 amide bonds. The van der Waals surface area contributed by atoms with Gasteiger partial charge in [-0.25, -0.2) is 0 Å². The summed E-state index contributed by atoms with van der Waals surface area (Å²) >= 11 is 2.19. The van der Waals surface area contributed by atoms with Gasteiger partial charge in [0.15, 0.2) is 6.61 Å². The smallest absolute Gasteiger partial charge is 0.259 e. The zero-order valence-corrected chi connectivity index (χ0v) is 13.2. The number of carbonyl (C=O) groups excluding carboxylic acids is 2. The number of primary amides is 1. The maximum Gasteiger partial charge on any atom is 0.259 e. The Balaban J connectivity index is 2.14. The average molecular weight is 396 g/mol. The van der Waals surface area contributed by atoms with Gasteiger partial charge in [-0.15, -0.1) is 0 Å². The highest BCUT2D eigenvalue weighted by Crippen LogP contribution is 2.20. The average Bonchev–Trinajstić information content (AvgIpc) is 2.47. The number of para-hydroxylation sites is 1. The first-order chi connectivity index (χ1) is 10.1. The molecular weight excluding hydrogens is 383 g/mol. The summed E-state index contributed by atoms with van der Waals surface area (Å²) in [6.45, 7) is -0.270. The molecule has 2 aromatic rings. The molecule has 0 heterocycles. The van der Waals surface area contributed by atoms with E-state index >= 15 is 0 Å². The van der Waals surface area contributed by atoms with Gasteiger partial charge in [0, 0.05) is 9.26 Å². The minimum atomic E-state index is -0.595. The van der Waals surface area contributed by atoms with E-state index in [9.17, 15) is 9.59 Å². The summed E-state index contributed by atoms with van der Waals surface area (Å²) in [6.07, 6.45) is 0. The molecule has 3 N–H and O–H groups in total. The summed E-state index contributed by atoms with van der Waals surface area (Å²) < 4.78 is 6.32. The Bertz CT molecular complexity index is 656. The van der Waals surface area contributed by atoms with Crippen LogP contribution in [-0.4, -0.2) is 18.4 Å². The highest BCUT2D eigenvalue weighted by Gasteiger charge is 2.12. The summed E-state index contributed by atoms with van der Waals surface area (Å²) in [5.74, 6) is -0.585. The summed E-state index contributed by atoms with van der Waals surface area (Å²) in [7, 11) is 0. The molecule has 0 unspecified atom stereocenters. The number of hydrogen-bond donors (Lipinski definition) is 2. The van der Waals surface area contributed by atoms with Crippen LogP contribution in [0.5, 0.6) is 5.75 Å². The third-order valence-corrected chi connectivity index (χ3v) is 3.32. The minimum absolute atomic E-state index is 0.270. The highest BCUT2D eigenvalue weighted by atomic mass is 127. The summed E-state index contributed by atoms with van der Waals surface area (Å²) in [5.41, 5.74) is 6.07. The number of anilines is 1. The molecule has 21 heavy (non-hydrogen) atoms. The number of halogens is 1. The van der Waals surface area contributed by atoms with Crippen molar-refractivity contribution in [1.82, 2.24) is 0 Å². The first-order valence-corrected chi connectivity index (χ1v) is 7.21. The molecule has 0 spiro atoms. The van der Waals surface area contributed by atoms with E-state index in [0.717, 1.165) is 3.57 Å². The molecule has 0 aromatic heterocycles. The quantitative estimate of drug-likeness (QED) is 0.762. The number of amides is 2. The molecule has 0 aliphatic rings. The van der Waals surface area contributed by atoms with Gasteiger partial charge in [-0.3, -0.25) is 9.59 Å². The van der Waals surface area contributed by atoms with Gasteiger partial charge < -0.3 is 15.8 Å². The number of hydrogen-bond acceptors (Lipinski definition) is 3. The van der Waals surface area contributed by atoms with Crippen LogP contribution in [0.4, 0.5) is 5.69 Å². The number of nitrogens with one attached hydrogen (secondary N) is 1. The molecule has 0 fully saturated rings. The Labute approximate surface area is 135 Å². The Morgan fingerprint density at radius 2 is 1.76 bits per heavy atom. The second-order valence-corrected chi connectivity index (χ2v) is 5.46. The van der Waals surface area contributed by atoms with Gasteiger partial charge in [0.1, 0.15) is 5.75 Å². The Morgan fingerprint density at radius 3 is 2.43 bits per heavy atom. The predicted octanol–water partition coefficient (Wildman–Crippen LogP) is 2.41. The van der Waals surface area contributed by atoms with Crippen LogP contribution in [0.25, 0.3) is 0 Å². The zero-order valence-electron chi connectivity index (χ0n) is 11.0. The Morgan fingerprint density at radius 1 is 1.10 bits per heavy atom. The predicted molar refractivity (Wildman–Crippen MR) is 88.2 cm³/mol. The van der Waals surface area contributed by atoms with Gasteiger partial charge in [-0.2, -0.15) is 0 Å². The van der Waals surface area contributed by atoms with Crippen LogP contribution in [0.15, 0.2) is 48.5 Å². The molecule has 0 bridgehead atoms. The highest BCUT2D eigenvalue weighted by molar-refractivity contribution is 14.1. The largest absolute Gasteiger partial charge is 0.483 e. The van der Waals surface area contributed by atoms with Gasteiger partial charge in [0.25, 0.3) is 11.8 Å². The molecule has 0 radical (unpaired) electrons. The van der Waals surface area contributed by atoms with Crippen molar-refractivity contribution in [2.24, 2.45) is 5.73 Å². The minimum Gasteiger partial charge on any atom is -0.483 e. The van der Waals surface area contributed by atoms with Crippen LogP contribution in [0.2, 0.25) is 0 Å². The summed E-state index contributed by atoms with van der Waals surface area (Å²) in [5, 5.41) is 2.78. The van der Waals surface area contributed by atoms with Crippen LogP contribution >= 0.6 is 22.6 Å². The first-order valence-electron chi connectivity index (χ1n) is 6.13. The van der Waals surface area contributed by atoms with Crippen LogP contribution in [0, 0.1) is 3.57 Å². The second kappa shape index (κ2) is 7.07. The number of benzene rings is 2. The number of carbonyl (C=O) groups is 2. The van der Waals surface area contributed by atoms with Crippen molar-refractivity contribution in [3.8, 4) is 5.75 Å². The standard InChI is InChI=1S/C15H13IN2O3/c16-10-5-7-11(8-6-10)18-15(20)12-3-1-2-4-13(12)21-9-14(17)19/h1-8H,9H2,(H2,17,19)(H,18,20). The van der Waals surface area contributed by atoms with E-state index in [1.54, 1.807) is 24.3 Å². The lowest BCUT2D eigenvalue weighted by Gasteiger charge is -2.10. The third-order valence-electron chi connectivity index (χ3n) is 2.60. The van der Waals surface area contributed by atoms with E-state index in [-0.39, 0.29) is 12.5 Å². The van der Waals surface area contributed by atoms with Crippen molar-refractivity contribution >= 4 is 40.1 Å². The van der Waals surface area contributed by atoms with Crippen LogP contribution in [-0.2, 0) is 4.79 Å². The Kier molecular flexibility index (Phi) is 5.15. The van der Waals surface area contributed by atoms with Crippen LogP contribution in [0.1, 0.15) is 10.4 Å². The zero-order chi connectivity index (χ0) is 15.2. The van der Waals surface area contributed by atoms with Crippen LogP contribution < -0.4 is 15.8 Å². The van der Waals surface area contributed by atoms with Crippen molar-refractivity contribution in [2.45, 2.75) is 0 Å². The number of nitrogens with two attached hydrogens (primary N) is 1. The molecule has 0 aliphatic carbocycles. The lowest BCUT2D eigenvalue weighted by atomic mass is 10.2. The van der Waals surface area contributed by atoms with E-state index in [1.165, 1.54) is 0 Å². The lowest BCUT2D eigenvalue weighted by molar-refractivity contribution is -0.119. The molecule has 108 valence electrons. The van der Waals surface area contributed by atoms with Gasteiger partial charge in [-0.1, -0.05) is 12.1 Å². The molecule has 0 saturated heterocycles. The van der Waals surface area contributed by atoms with Gasteiger partial charge in [0.05, 0.1) is 5.56 Å². The van der Waals surface area contributed by atoms with E-state index in [2.05, 4.69) is 27.9 Å². The SMILES string of the molecule is NC(=O)COc1ccccc1C(=O)Nc1ccc(I)cc1. The molecule has 2 rings (SSSR count). The van der Waals surface area contributed by atoms with Crippen molar-refractivity contribution in [3.05, 3.63) is 57.7 Å². The molecule has 6 heteroatoms. The van der Waals surface area contributed by atoms with E-state index < -0.39 is 5.91 Å². The number of rotatable bonds is 5. The topological polar surface area (TPSA) is 81.4 Å². The van der Waals surface area contributed by atoms with Crippen molar-refractivity contribution < 1.29 is 14.3 Å². The van der Waals surface area contributed by atoms with E-state index in [4.69, 9.17) is 10.5 Å². The second-order valence-electron chi connectivity index (χ2n) is 4.21. The maximum atomic E-state index is 12.3. The fourth-order valence-corrected chi connectivity index (χ4v) is 2.02. The molecule has 0 saturated carbocycles. The fourth-order valence-electron chi connectivity index (χ4n) is 1.66. The molecule has 0 aliphatic heterocycles. The first kappa shape index (κ1) is 15.3. The monoisotopic (exact) mass is 396 g/mol. The number of ether oxygens (including phenoxy) is 1. The molecule has 0 atom stereocenters. The van der Waals surface area contributed by atoms with Crippen LogP contribution in [0.3, 0.4) is 0 Å². The van der Waals surface area contributed by atoms with Gasteiger partial charge in [0.2, 0.25) is 0 Å². The molecular formula is C15H13IN2O3. The molecule has 2 aromatic carbocycles. The lowest BCUT2D eigenvalue weighted by Crippen LogP contribution is -2.21. The maximum absolute atomic E-state index is 12.3.